The van der Waals surface area contributed by atoms with Crippen LogP contribution in [0.2, 0.25) is 0 Å². The highest BCUT2D eigenvalue weighted by atomic mass is 16.5. The van der Waals surface area contributed by atoms with Crippen LogP contribution < -0.4 is 4.74 Å². The zero-order valence-electron chi connectivity index (χ0n) is 12.2. The Morgan fingerprint density at radius 1 is 1.14 bits per heavy atom. The van der Waals surface area contributed by atoms with Crippen LogP contribution in [0, 0.1) is 11.3 Å². The lowest BCUT2D eigenvalue weighted by atomic mass is 10.1. The van der Waals surface area contributed by atoms with Gasteiger partial charge in [-0.3, -0.25) is 0 Å². The van der Waals surface area contributed by atoms with Crippen LogP contribution >= 0.6 is 0 Å². The Bertz CT molecular complexity index is 695. The number of ether oxygens (including phenoxy) is 2. The molecule has 4 heteroatoms. The van der Waals surface area contributed by atoms with Crippen molar-refractivity contribution in [2.45, 2.75) is 6.61 Å². The fourth-order valence-corrected chi connectivity index (χ4v) is 1.75. The maximum absolute atomic E-state index is 11.0. The van der Waals surface area contributed by atoms with Gasteiger partial charge in [-0.25, -0.2) is 4.79 Å². The van der Waals surface area contributed by atoms with Gasteiger partial charge in [0.15, 0.2) is 0 Å². The molecule has 0 amide bonds. The summed E-state index contributed by atoms with van der Waals surface area (Å²) < 4.78 is 10.2. The molecule has 0 atom stereocenters. The molecule has 0 aliphatic rings. The Hall–Kier alpha value is -3.06. The number of esters is 1. The fraction of sp³-hybridized carbons (Fsp3) is 0.111. The van der Waals surface area contributed by atoms with E-state index in [2.05, 4.69) is 10.8 Å². The SMILES string of the molecule is COC(=O)/C=C/c1ccc(OCc2ccc(C#N)cc2)cc1. The third-order valence-corrected chi connectivity index (χ3v) is 2.98. The summed E-state index contributed by atoms with van der Waals surface area (Å²) in [6, 6.07) is 16.7. The molecule has 0 radical (unpaired) electrons. The van der Waals surface area contributed by atoms with Crippen LogP contribution in [0.4, 0.5) is 0 Å². The Morgan fingerprint density at radius 3 is 2.41 bits per heavy atom. The summed E-state index contributed by atoms with van der Waals surface area (Å²) in [5.41, 5.74) is 2.51. The van der Waals surface area contributed by atoms with Crippen LogP contribution in [0.1, 0.15) is 16.7 Å². The van der Waals surface area contributed by atoms with E-state index in [4.69, 9.17) is 10.00 Å². The number of carbonyl (C=O) groups is 1. The topological polar surface area (TPSA) is 59.3 Å². The third kappa shape index (κ3) is 4.50. The van der Waals surface area contributed by atoms with Crippen molar-refractivity contribution in [2.24, 2.45) is 0 Å². The predicted molar refractivity (Wildman–Crippen MR) is 83.0 cm³/mol. The average Bonchev–Trinajstić information content (AvgIpc) is 2.59. The normalized spacial score (nSPS) is 10.2. The van der Waals surface area contributed by atoms with Gasteiger partial charge in [-0.05, 0) is 41.5 Å². The average molecular weight is 293 g/mol. The first kappa shape index (κ1) is 15.3. The van der Waals surface area contributed by atoms with Crippen molar-refractivity contribution in [3.8, 4) is 11.8 Å². The number of nitriles is 1. The highest BCUT2D eigenvalue weighted by molar-refractivity contribution is 5.86. The van der Waals surface area contributed by atoms with E-state index in [-0.39, 0.29) is 5.97 Å². The highest BCUT2D eigenvalue weighted by Gasteiger charge is 1.98. The molecule has 0 unspecified atom stereocenters. The van der Waals surface area contributed by atoms with Gasteiger partial charge in [0.2, 0.25) is 0 Å². The molecule has 2 aromatic carbocycles. The largest absolute Gasteiger partial charge is 0.489 e. The molecule has 0 N–H and O–H groups in total. The van der Waals surface area contributed by atoms with E-state index < -0.39 is 0 Å². The lowest BCUT2D eigenvalue weighted by Crippen LogP contribution is -1.95. The molecule has 0 fully saturated rings. The second-order valence-corrected chi connectivity index (χ2v) is 4.52. The first-order chi connectivity index (χ1) is 10.7. The Morgan fingerprint density at radius 2 is 1.82 bits per heavy atom. The fourth-order valence-electron chi connectivity index (χ4n) is 1.75. The molecule has 110 valence electrons. The zero-order valence-corrected chi connectivity index (χ0v) is 12.2. The Labute approximate surface area is 129 Å². The number of hydrogen-bond acceptors (Lipinski definition) is 4. The summed E-state index contributed by atoms with van der Waals surface area (Å²) in [6.45, 7) is 0.434. The summed E-state index contributed by atoms with van der Waals surface area (Å²) in [5, 5.41) is 8.74. The van der Waals surface area contributed by atoms with E-state index in [1.165, 1.54) is 13.2 Å². The summed E-state index contributed by atoms with van der Waals surface area (Å²) in [6.07, 6.45) is 3.04. The van der Waals surface area contributed by atoms with E-state index >= 15 is 0 Å². The van der Waals surface area contributed by atoms with Gasteiger partial charge in [0.1, 0.15) is 12.4 Å². The van der Waals surface area contributed by atoms with Crippen molar-refractivity contribution in [2.75, 3.05) is 7.11 Å². The predicted octanol–water partition coefficient (Wildman–Crippen LogP) is 3.32. The van der Waals surface area contributed by atoms with Crippen molar-refractivity contribution < 1.29 is 14.3 Å². The summed E-state index contributed by atoms with van der Waals surface area (Å²) in [5.74, 6) is 0.348. The van der Waals surface area contributed by atoms with Crippen molar-refractivity contribution >= 4 is 12.0 Å². The second-order valence-electron chi connectivity index (χ2n) is 4.52. The molecule has 0 saturated heterocycles. The van der Waals surface area contributed by atoms with Gasteiger partial charge < -0.3 is 9.47 Å². The molecule has 2 rings (SSSR count). The molecule has 0 aliphatic carbocycles. The van der Waals surface area contributed by atoms with Crippen molar-refractivity contribution in [3.05, 3.63) is 71.3 Å². The molecule has 0 saturated carbocycles. The smallest absolute Gasteiger partial charge is 0.330 e. The van der Waals surface area contributed by atoms with Crippen LogP contribution in [-0.2, 0) is 16.1 Å². The summed E-state index contributed by atoms with van der Waals surface area (Å²) >= 11 is 0. The van der Waals surface area contributed by atoms with Gasteiger partial charge in [-0.2, -0.15) is 5.26 Å². The molecule has 0 spiro atoms. The van der Waals surface area contributed by atoms with Gasteiger partial charge >= 0.3 is 5.97 Å². The molecule has 2 aromatic rings. The minimum atomic E-state index is -0.388. The first-order valence-corrected chi connectivity index (χ1v) is 6.69. The monoisotopic (exact) mass is 293 g/mol. The lowest BCUT2D eigenvalue weighted by molar-refractivity contribution is -0.134. The maximum Gasteiger partial charge on any atom is 0.330 e. The van der Waals surface area contributed by atoms with E-state index in [0.29, 0.717) is 12.2 Å². The van der Waals surface area contributed by atoms with Crippen LogP contribution in [0.3, 0.4) is 0 Å². The van der Waals surface area contributed by atoms with Gasteiger partial charge in [0.25, 0.3) is 0 Å². The molecule has 22 heavy (non-hydrogen) atoms. The number of carbonyl (C=O) groups excluding carboxylic acids is 1. The molecular formula is C18H15NO3. The highest BCUT2D eigenvalue weighted by Crippen LogP contribution is 2.15. The number of methoxy groups -OCH3 is 1. The third-order valence-electron chi connectivity index (χ3n) is 2.98. The van der Waals surface area contributed by atoms with E-state index in [9.17, 15) is 4.79 Å². The number of hydrogen-bond donors (Lipinski definition) is 0. The lowest BCUT2D eigenvalue weighted by Gasteiger charge is -2.06. The zero-order chi connectivity index (χ0) is 15.8. The van der Waals surface area contributed by atoms with Gasteiger partial charge in [0, 0.05) is 6.08 Å². The molecule has 4 nitrogen and oxygen atoms in total. The summed E-state index contributed by atoms with van der Waals surface area (Å²) in [4.78, 5) is 11.0. The number of rotatable bonds is 5. The minimum absolute atomic E-state index is 0.388. The van der Waals surface area contributed by atoms with Crippen LogP contribution in [0.5, 0.6) is 5.75 Å². The maximum atomic E-state index is 11.0. The molecule has 0 aromatic heterocycles. The first-order valence-electron chi connectivity index (χ1n) is 6.69. The van der Waals surface area contributed by atoms with Crippen LogP contribution in [0.15, 0.2) is 54.6 Å². The Balaban J connectivity index is 1.92. The quantitative estimate of drug-likeness (QED) is 0.626. The van der Waals surface area contributed by atoms with Crippen molar-refractivity contribution in [3.63, 3.8) is 0 Å². The summed E-state index contributed by atoms with van der Waals surface area (Å²) in [7, 11) is 1.34. The van der Waals surface area contributed by atoms with Crippen molar-refractivity contribution in [1.82, 2.24) is 0 Å². The van der Waals surface area contributed by atoms with Crippen LogP contribution in [0.25, 0.3) is 6.08 Å². The van der Waals surface area contributed by atoms with Gasteiger partial charge in [-0.1, -0.05) is 24.3 Å². The van der Waals surface area contributed by atoms with E-state index in [0.717, 1.165) is 16.9 Å². The molecular weight excluding hydrogens is 278 g/mol. The van der Waals surface area contributed by atoms with Crippen molar-refractivity contribution in [1.29, 1.82) is 5.26 Å². The molecule has 0 aliphatic heterocycles. The standard InChI is InChI=1S/C18H15NO3/c1-21-18(20)11-8-14-6-9-17(10-7-14)22-13-16-4-2-15(12-19)3-5-16/h2-11H,13H2,1H3/b11-8+. The van der Waals surface area contributed by atoms with E-state index in [1.807, 2.05) is 36.4 Å². The minimum Gasteiger partial charge on any atom is -0.489 e. The number of benzene rings is 2. The molecule has 0 heterocycles. The van der Waals surface area contributed by atoms with Crippen LogP contribution in [-0.4, -0.2) is 13.1 Å². The number of nitrogens with zero attached hydrogens (tertiary/aromatic N) is 1. The Kier molecular flexibility index (Phi) is 5.33. The van der Waals surface area contributed by atoms with Gasteiger partial charge in [0.05, 0.1) is 18.7 Å². The van der Waals surface area contributed by atoms with E-state index in [1.54, 1.807) is 18.2 Å². The second kappa shape index (κ2) is 7.65. The van der Waals surface area contributed by atoms with Gasteiger partial charge in [-0.15, -0.1) is 0 Å². The molecule has 0 bridgehead atoms.